The molecule has 0 fully saturated rings. The Bertz CT molecular complexity index is 1750. The Morgan fingerprint density at radius 3 is 2.47 bits per heavy atom. The highest BCUT2D eigenvalue weighted by Gasteiger charge is 2.15. The van der Waals surface area contributed by atoms with Crippen LogP contribution in [0.3, 0.4) is 0 Å². The molecule has 3 heteroatoms. The molecule has 0 aliphatic carbocycles. The first-order chi connectivity index (χ1) is 14.9. The summed E-state index contributed by atoms with van der Waals surface area (Å²) < 4.78 is 6.25. The van der Waals surface area contributed by atoms with E-state index in [1.54, 1.807) is 0 Å². The maximum absolute atomic E-state index is 6.25. The highest BCUT2D eigenvalue weighted by molar-refractivity contribution is 6.21. The number of rotatable bonds is 1. The van der Waals surface area contributed by atoms with Crippen molar-refractivity contribution in [2.24, 2.45) is 0 Å². The molecule has 0 unspecified atom stereocenters. The fraction of sp³-hybridized carbons (Fsp3) is 0. The molecule has 0 saturated carbocycles. The number of aromatic amines is 1. The lowest BCUT2D eigenvalue weighted by Gasteiger charge is -2.05. The van der Waals surface area contributed by atoms with Crippen LogP contribution in [0.5, 0.6) is 0 Å². The van der Waals surface area contributed by atoms with E-state index in [0.717, 1.165) is 55.0 Å². The number of furan rings is 1. The predicted octanol–water partition coefficient (Wildman–Crippen LogP) is 7.44. The highest BCUT2D eigenvalue weighted by atomic mass is 16.3. The molecule has 0 bridgehead atoms. The molecule has 0 aliphatic rings. The van der Waals surface area contributed by atoms with Crippen LogP contribution in [0.25, 0.3) is 65.8 Å². The standard InChI is InChI=1S/C27H16N2O/c1-3-10-23-16(6-1)14-17(15-28-23)18-8-5-9-20-21-12-13-22-19-7-2-4-11-24(19)30-27(22)26(21)29-25(18)20/h1-15,29H. The molecule has 0 radical (unpaired) electrons. The van der Waals surface area contributed by atoms with Crippen LogP contribution in [-0.2, 0) is 0 Å². The average molecular weight is 384 g/mol. The molecule has 3 nitrogen and oxygen atoms in total. The van der Waals surface area contributed by atoms with Crippen LogP contribution >= 0.6 is 0 Å². The Kier molecular flexibility index (Phi) is 3.00. The molecule has 4 aromatic carbocycles. The number of nitrogens with zero attached hydrogens (tertiary/aromatic N) is 1. The van der Waals surface area contributed by atoms with Gasteiger partial charge in [0.2, 0.25) is 0 Å². The van der Waals surface area contributed by atoms with Crippen LogP contribution in [0.15, 0.2) is 95.5 Å². The van der Waals surface area contributed by atoms with E-state index in [1.807, 2.05) is 30.5 Å². The minimum Gasteiger partial charge on any atom is -0.454 e. The van der Waals surface area contributed by atoms with Crippen LogP contribution < -0.4 is 0 Å². The molecule has 0 saturated heterocycles. The summed E-state index contributed by atoms with van der Waals surface area (Å²) in [5.41, 5.74) is 7.23. The van der Waals surface area contributed by atoms with E-state index in [9.17, 15) is 0 Å². The maximum atomic E-state index is 6.25. The van der Waals surface area contributed by atoms with Crippen molar-refractivity contribution >= 4 is 54.6 Å². The number of benzene rings is 4. The van der Waals surface area contributed by atoms with Crippen molar-refractivity contribution in [2.45, 2.75) is 0 Å². The van der Waals surface area contributed by atoms with Crippen molar-refractivity contribution in [1.82, 2.24) is 9.97 Å². The van der Waals surface area contributed by atoms with Crippen LogP contribution in [0, 0.1) is 0 Å². The third kappa shape index (κ3) is 2.06. The fourth-order valence-corrected chi connectivity index (χ4v) is 4.63. The summed E-state index contributed by atoms with van der Waals surface area (Å²) in [4.78, 5) is 8.34. The van der Waals surface area contributed by atoms with Crippen molar-refractivity contribution < 1.29 is 4.42 Å². The SMILES string of the molecule is c1ccc2ncc(-c3cccc4c3[nH]c3c4ccc4c5ccccc5oc43)cc2c1. The van der Waals surface area contributed by atoms with Crippen LogP contribution in [-0.4, -0.2) is 9.97 Å². The number of para-hydroxylation sites is 3. The van der Waals surface area contributed by atoms with Gasteiger partial charge < -0.3 is 9.40 Å². The summed E-state index contributed by atoms with van der Waals surface area (Å²) in [6, 6.07) is 29.4. The lowest BCUT2D eigenvalue weighted by Crippen LogP contribution is -1.84. The lowest BCUT2D eigenvalue weighted by atomic mass is 10.0. The molecule has 3 heterocycles. The monoisotopic (exact) mass is 384 g/mol. The van der Waals surface area contributed by atoms with Crippen molar-refractivity contribution in [2.75, 3.05) is 0 Å². The zero-order chi connectivity index (χ0) is 19.7. The first kappa shape index (κ1) is 15.8. The Morgan fingerprint density at radius 2 is 1.47 bits per heavy atom. The van der Waals surface area contributed by atoms with Gasteiger partial charge in [-0.05, 0) is 24.3 Å². The summed E-state index contributed by atoms with van der Waals surface area (Å²) in [5, 5.41) is 5.79. The number of hydrogen-bond donors (Lipinski definition) is 1. The molecule has 0 aliphatic heterocycles. The summed E-state index contributed by atoms with van der Waals surface area (Å²) >= 11 is 0. The second kappa shape index (κ2) is 5.71. The normalized spacial score (nSPS) is 12.0. The largest absolute Gasteiger partial charge is 0.454 e. The molecule has 30 heavy (non-hydrogen) atoms. The van der Waals surface area contributed by atoms with Gasteiger partial charge in [-0.3, -0.25) is 4.98 Å². The van der Waals surface area contributed by atoms with Crippen molar-refractivity contribution in [3.63, 3.8) is 0 Å². The Morgan fingerprint density at radius 1 is 0.667 bits per heavy atom. The van der Waals surface area contributed by atoms with Crippen molar-refractivity contribution in [1.29, 1.82) is 0 Å². The predicted molar refractivity (Wildman–Crippen MR) is 124 cm³/mol. The molecule has 3 aromatic heterocycles. The average Bonchev–Trinajstić information content (AvgIpc) is 3.37. The van der Waals surface area contributed by atoms with Gasteiger partial charge in [-0.1, -0.05) is 60.7 Å². The molecule has 140 valence electrons. The van der Waals surface area contributed by atoms with Crippen molar-refractivity contribution in [3.8, 4) is 11.1 Å². The third-order valence-electron chi connectivity index (χ3n) is 6.05. The van der Waals surface area contributed by atoms with E-state index in [2.05, 4.69) is 70.6 Å². The quantitative estimate of drug-likeness (QED) is 0.320. The minimum absolute atomic E-state index is 0.910. The number of hydrogen-bond acceptors (Lipinski definition) is 2. The van der Waals surface area contributed by atoms with Gasteiger partial charge in [-0.15, -0.1) is 0 Å². The first-order valence-electron chi connectivity index (χ1n) is 10.1. The Labute approximate surface area is 171 Å². The van der Waals surface area contributed by atoms with Gasteiger partial charge in [0.25, 0.3) is 0 Å². The van der Waals surface area contributed by atoms with E-state index in [0.29, 0.717) is 0 Å². The molecular formula is C27H16N2O. The lowest BCUT2D eigenvalue weighted by molar-refractivity contribution is 0.672. The molecule has 0 spiro atoms. The van der Waals surface area contributed by atoms with Gasteiger partial charge in [0.1, 0.15) is 5.58 Å². The smallest absolute Gasteiger partial charge is 0.159 e. The summed E-state index contributed by atoms with van der Waals surface area (Å²) in [6.45, 7) is 0. The van der Waals surface area contributed by atoms with E-state index in [-0.39, 0.29) is 0 Å². The van der Waals surface area contributed by atoms with Gasteiger partial charge in [-0.25, -0.2) is 0 Å². The van der Waals surface area contributed by atoms with Crippen molar-refractivity contribution in [3.05, 3.63) is 91.1 Å². The minimum atomic E-state index is 0.910. The Balaban J connectivity index is 1.57. The zero-order valence-electron chi connectivity index (χ0n) is 16.0. The maximum Gasteiger partial charge on any atom is 0.159 e. The molecule has 1 N–H and O–H groups in total. The van der Waals surface area contributed by atoms with Crippen LogP contribution in [0.4, 0.5) is 0 Å². The molecule has 7 rings (SSSR count). The third-order valence-corrected chi connectivity index (χ3v) is 6.05. The van der Waals surface area contributed by atoms with E-state index in [4.69, 9.17) is 4.42 Å². The molecular weight excluding hydrogens is 368 g/mol. The number of nitrogens with one attached hydrogen (secondary N) is 1. The van der Waals surface area contributed by atoms with Gasteiger partial charge in [0.15, 0.2) is 5.58 Å². The number of aromatic nitrogens is 2. The van der Waals surface area contributed by atoms with Crippen LogP contribution in [0.1, 0.15) is 0 Å². The fourth-order valence-electron chi connectivity index (χ4n) is 4.63. The second-order valence-corrected chi connectivity index (χ2v) is 7.73. The van der Waals surface area contributed by atoms with Gasteiger partial charge in [0.05, 0.1) is 16.6 Å². The Hall–Kier alpha value is -4.11. The van der Waals surface area contributed by atoms with E-state index >= 15 is 0 Å². The molecule has 7 aromatic rings. The second-order valence-electron chi connectivity index (χ2n) is 7.73. The van der Waals surface area contributed by atoms with E-state index < -0.39 is 0 Å². The first-order valence-corrected chi connectivity index (χ1v) is 10.1. The zero-order valence-corrected chi connectivity index (χ0v) is 16.0. The number of H-pyrrole nitrogens is 1. The summed E-state index contributed by atoms with van der Waals surface area (Å²) in [6.07, 6.45) is 1.96. The van der Waals surface area contributed by atoms with E-state index in [1.165, 1.54) is 10.8 Å². The summed E-state index contributed by atoms with van der Waals surface area (Å²) in [5.74, 6) is 0. The molecule has 0 atom stereocenters. The summed E-state index contributed by atoms with van der Waals surface area (Å²) in [7, 11) is 0. The highest BCUT2D eigenvalue weighted by Crippen LogP contribution is 2.39. The number of fused-ring (bicyclic) bond motifs is 8. The van der Waals surface area contributed by atoms with Gasteiger partial charge in [0, 0.05) is 44.3 Å². The van der Waals surface area contributed by atoms with Gasteiger partial charge >= 0.3 is 0 Å². The topological polar surface area (TPSA) is 41.8 Å². The van der Waals surface area contributed by atoms with Crippen LogP contribution in [0.2, 0.25) is 0 Å². The number of pyridine rings is 1. The van der Waals surface area contributed by atoms with Gasteiger partial charge in [-0.2, -0.15) is 0 Å². The molecule has 0 amide bonds.